The van der Waals surface area contributed by atoms with Gasteiger partial charge in [0.1, 0.15) is 6.07 Å². The van der Waals surface area contributed by atoms with E-state index in [1.807, 2.05) is 18.2 Å². The molecular formula is C15H18N2O2. The summed E-state index contributed by atoms with van der Waals surface area (Å²) in [6.45, 7) is 0.621. The van der Waals surface area contributed by atoms with E-state index in [0.717, 1.165) is 31.4 Å². The third kappa shape index (κ3) is 3.25. The van der Waals surface area contributed by atoms with Crippen LogP contribution in [0.2, 0.25) is 0 Å². The lowest BCUT2D eigenvalue weighted by atomic mass is 9.79. The van der Waals surface area contributed by atoms with Gasteiger partial charge in [-0.3, -0.25) is 4.79 Å². The molecule has 1 aromatic rings. The quantitative estimate of drug-likeness (QED) is 0.871. The van der Waals surface area contributed by atoms with Gasteiger partial charge in [0.2, 0.25) is 0 Å². The van der Waals surface area contributed by atoms with Crippen LogP contribution < -0.4 is 5.32 Å². The van der Waals surface area contributed by atoms with Gasteiger partial charge in [0, 0.05) is 6.54 Å². The first-order valence-corrected chi connectivity index (χ1v) is 6.68. The minimum absolute atomic E-state index is 0.151. The number of para-hydroxylation sites is 1. The van der Waals surface area contributed by atoms with Gasteiger partial charge in [-0.25, -0.2) is 0 Å². The third-order valence-electron chi connectivity index (χ3n) is 3.83. The summed E-state index contributed by atoms with van der Waals surface area (Å²) >= 11 is 0. The predicted octanol–water partition coefficient (Wildman–Crippen LogP) is 2.86. The average Bonchev–Trinajstić information content (AvgIpc) is 2.45. The Kier molecular flexibility index (Phi) is 4.40. The molecule has 1 saturated carbocycles. The molecule has 2 N–H and O–H groups in total. The van der Waals surface area contributed by atoms with E-state index in [-0.39, 0.29) is 11.8 Å². The molecule has 0 heterocycles. The van der Waals surface area contributed by atoms with Crippen LogP contribution in [0, 0.1) is 23.2 Å². The number of carbonyl (C=O) groups is 1. The van der Waals surface area contributed by atoms with Crippen LogP contribution in [0.5, 0.6) is 0 Å². The summed E-state index contributed by atoms with van der Waals surface area (Å²) in [5, 5.41) is 21.5. The Morgan fingerprint density at radius 2 is 2.11 bits per heavy atom. The van der Waals surface area contributed by atoms with Gasteiger partial charge >= 0.3 is 5.97 Å². The van der Waals surface area contributed by atoms with E-state index in [1.165, 1.54) is 0 Å². The summed E-state index contributed by atoms with van der Waals surface area (Å²) in [7, 11) is 0. The van der Waals surface area contributed by atoms with Crippen molar-refractivity contribution < 1.29 is 9.90 Å². The summed E-state index contributed by atoms with van der Waals surface area (Å²) in [5.41, 5.74) is 1.39. The fourth-order valence-corrected chi connectivity index (χ4v) is 2.75. The molecule has 0 radical (unpaired) electrons. The average molecular weight is 258 g/mol. The molecule has 0 saturated heterocycles. The highest BCUT2D eigenvalue weighted by molar-refractivity contribution is 5.70. The monoisotopic (exact) mass is 258 g/mol. The Hall–Kier alpha value is -2.02. The molecular weight excluding hydrogens is 240 g/mol. The Labute approximate surface area is 113 Å². The van der Waals surface area contributed by atoms with Crippen molar-refractivity contribution in [3.8, 4) is 6.07 Å². The van der Waals surface area contributed by atoms with Gasteiger partial charge in [0.15, 0.2) is 0 Å². The SMILES string of the molecule is N#Cc1ccccc1NCC1CCCCC1C(=O)O. The normalized spacial score (nSPS) is 22.5. The lowest BCUT2D eigenvalue weighted by Crippen LogP contribution is -2.31. The van der Waals surface area contributed by atoms with E-state index in [4.69, 9.17) is 5.26 Å². The maximum atomic E-state index is 11.2. The Balaban J connectivity index is 2.01. The van der Waals surface area contributed by atoms with Gasteiger partial charge in [-0.1, -0.05) is 25.0 Å². The number of nitrogens with one attached hydrogen (secondary N) is 1. The van der Waals surface area contributed by atoms with Crippen LogP contribution in [0.1, 0.15) is 31.2 Å². The summed E-state index contributed by atoms with van der Waals surface area (Å²) in [6.07, 6.45) is 3.80. The molecule has 100 valence electrons. The zero-order valence-corrected chi connectivity index (χ0v) is 10.8. The van der Waals surface area contributed by atoms with Crippen LogP contribution in [-0.2, 0) is 4.79 Å². The van der Waals surface area contributed by atoms with Crippen molar-refractivity contribution in [2.45, 2.75) is 25.7 Å². The van der Waals surface area contributed by atoms with Gasteiger partial charge in [-0.15, -0.1) is 0 Å². The van der Waals surface area contributed by atoms with Gasteiger partial charge < -0.3 is 10.4 Å². The molecule has 0 spiro atoms. The van der Waals surface area contributed by atoms with E-state index in [1.54, 1.807) is 6.07 Å². The number of nitrogens with zero attached hydrogens (tertiary/aromatic N) is 1. The molecule has 1 aliphatic carbocycles. The number of carboxylic acids is 1. The van der Waals surface area contributed by atoms with Crippen LogP contribution in [0.4, 0.5) is 5.69 Å². The Bertz CT molecular complexity index is 493. The molecule has 1 aliphatic rings. The lowest BCUT2D eigenvalue weighted by Gasteiger charge is -2.29. The van der Waals surface area contributed by atoms with Gasteiger partial charge in [-0.05, 0) is 30.9 Å². The zero-order chi connectivity index (χ0) is 13.7. The molecule has 0 aromatic heterocycles. The van der Waals surface area contributed by atoms with E-state index in [0.29, 0.717) is 12.1 Å². The van der Waals surface area contributed by atoms with Crippen LogP contribution in [0.25, 0.3) is 0 Å². The van der Waals surface area contributed by atoms with E-state index >= 15 is 0 Å². The Morgan fingerprint density at radius 1 is 1.37 bits per heavy atom. The van der Waals surface area contributed by atoms with Crippen molar-refractivity contribution in [3.63, 3.8) is 0 Å². The van der Waals surface area contributed by atoms with Crippen molar-refractivity contribution >= 4 is 11.7 Å². The molecule has 2 atom stereocenters. The van der Waals surface area contributed by atoms with Crippen LogP contribution in [-0.4, -0.2) is 17.6 Å². The van der Waals surface area contributed by atoms with Crippen LogP contribution in [0.15, 0.2) is 24.3 Å². The molecule has 4 nitrogen and oxygen atoms in total. The van der Waals surface area contributed by atoms with E-state index in [9.17, 15) is 9.90 Å². The fraction of sp³-hybridized carbons (Fsp3) is 0.467. The number of anilines is 1. The molecule has 1 aromatic carbocycles. The fourth-order valence-electron chi connectivity index (χ4n) is 2.75. The number of aliphatic carboxylic acids is 1. The number of hydrogen-bond acceptors (Lipinski definition) is 3. The minimum atomic E-state index is -0.694. The second kappa shape index (κ2) is 6.24. The number of rotatable bonds is 4. The zero-order valence-electron chi connectivity index (χ0n) is 10.8. The highest BCUT2D eigenvalue weighted by atomic mass is 16.4. The number of carboxylic acid groups (broad SMARTS) is 1. The molecule has 0 bridgehead atoms. The third-order valence-corrected chi connectivity index (χ3v) is 3.83. The largest absolute Gasteiger partial charge is 0.481 e. The summed E-state index contributed by atoms with van der Waals surface area (Å²) in [5.74, 6) is -0.798. The Morgan fingerprint density at radius 3 is 2.84 bits per heavy atom. The molecule has 4 heteroatoms. The van der Waals surface area contributed by atoms with Crippen molar-refractivity contribution in [3.05, 3.63) is 29.8 Å². The first-order valence-electron chi connectivity index (χ1n) is 6.68. The molecule has 0 aliphatic heterocycles. The first kappa shape index (κ1) is 13.4. The first-order chi connectivity index (χ1) is 9.22. The molecule has 19 heavy (non-hydrogen) atoms. The van der Waals surface area contributed by atoms with Crippen molar-refractivity contribution in [2.24, 2.45) is 11.8 Å². The van der Waals surface area contributed by atoms with Gasteiger partial charge in [0.25, 0.3) is 0 Å². The predicted molar refractivity (Wildman–Crippen MR) is 72.7 cm³/mol. The second-order valence-corrected chi connectivity index (χ2v) is 5.03. The topological polar surface area (TPSA) is 73.1 Å². The van der Waals surface area contributed by atoms with Crippen molar-refractivity contribution in [1.29, 1.82) is 5.26 Å². The number of benzene rings is 1. The maximum Gasteiger partial charge on any atom is 0.306 e. The minimum Gasteiger partial charge on any atom is -0.481 e. The molecule has 0 amide bonds. The summed E-state index contributed by atoms with van der Waals surface area (Å²) in [4.78, 5) is 11.2. The maximum absolute atomic E-state index is 11.2. The van der Waals surface area contributed by atoms with Gasteiger partial charge in [-0.2, -0.15) is 5.26 Å². The van der Waals surface area contributed by atoms with Gasteiger partial charge in [0.05, 0.1) is 17.2 Å². The standard InChI is InChI=1S/C15H18N2O2/c16-9-11-5-2-4-8-14(11)17-10-12-6-1-3-7-13(12)15(18)19/h2,4-5,8,12-13,17H,1,3,6-7,10H2,(H,18,19). The summed E-state index contributed by atoms with van der Waals surface area (Å²) in [6, 6.07) is 9.46. The molecule has 1 fully saturated rings. The van der Waals surface area contributed by atoms with Crippen molar-refractivity contribution in [2.75, 3.05) is 11.9 Å². The van der Waals surface area contributed by atoms with E-state index < -0.39 is 5.97 Å². The second-order valence-electron chi connectivity index (χ2n) is 5.03. The van der Waals surface area contributed by atoms with E-state index in [2.05, 4.69) is 11.4 Å². The molecule has 2 unspecified atom stereocenters. The molecule has 2 rings (SSSR count). The van der Waals surface area contributed by atoms with Crippen molar-refractivity contribution in [1.82, 2.24) is 0 Å². The summed E-state index contributed by atoms with van der Waals surface area (Å²) < 4.78 is 0. The smallest absolute Gasteiger partial charge is 0.306 e. The lowest BCUT2D eigenvalue weighted by molar-refractivity contribution is -0.144. The van der Waals surface area contributed by atoms with Crippen LogP contribution >= 0.6 is 0 Å². The number of hydrogen-bond donors (Lipinski definition) is 2. The highest BCUT2D eigenvalue weighted by Gasteiger charge is 2.30. The highest BCUT2D eigenvalue weighted by Crippen LogP contribution is 2.30. The number of nitriles is 1. The van der Waals surface area contributed by atoms with Crippen LogP contribution in [0.3, 0.4) is 0 Å².